The van der Waals surface area contributed by atoms with Crippen molar-refractivity contribution in [2.45, 2.75) is 13.3 Å². The number of carbonyl (C=O) groups is 1. The maximum Gasteiger partial charge on any atom is 0.261 e. The Morgan fingerprint density at radius 1 is 1.50 bits per heavy atom. The van der Waals surface area contributed by atoms with E-state index in [4.69, 9.17) is 14.7 Å². The maximum absolute atomic E-state index is 13.6. The summed E-state index contributed by atoms with van der Waals surface area (Å²) in [6.45, 7) is 3.48. The summed E-state index contributed by atoms with van der Waals surface area (Å²) in [4.78, 5) is 11.9. The summed E-state index contributed by atoms with van der Waals surface area (Å²) in [7, 11) is 1.37. The third-order valence-corrected chi connectivity index (χ3v) is 2.81. The second-order valence-corrected chi connectivity index (χ2v) is 4.37. The number of methoxy groups -OCH3 is 1. The molecule has 0 spiro atoms. The third kappa shape index (κ3) is 5.54. The molecule has 1 aromatic carbocycles. The molecule has 0 bridgehead atoms. The number of nitriles is 1. The van der Waals surface area contributed by atoms with Crippen molar-refractivity contribution in [3.05, 3.63) is 35.2 Å². The highest BCUT2D eigenvalue weighted by atomic mass is 19.1. The van der Waals surface area contributed by atoms with Gasteiger partial charge in [0.05, 0.1) is 7.11 Å². The SMILES string of the molecule is CCOCCCNC(=O)/C(C#N)=C/c1ccc(OC)c(F)c1. The van der Waals surface area contributed by atoms with Gasteiger partial charge in [-0.25, -0.2) is 4.39 Å². The summed E-state index contributed by atoms with van der Waals surface area (Å²) >= 11 is 0. The molecule has 1 amide bonds. The van der Waals surface area contributed by atoms with Crippen LogP contribution in [0.25, 0.3) is 6.08 Å². The maximum atomic E-state index is 13.6. The number of ether oxygens (including phenoxy) is 2. The number of amides is 1. The Morgan fingerprint density at radius 3 is 2.86 bits per heavy atom. The summed E-state index contributed by atoms with van der Waals surface area (Å²) < 4.78 is 23.5. The predicted molar refractivity (Wildman–Crippen MR) is 80.7 cm³/mol. The van der Waals surface area contributed by atoms with Gasteiger partial charge < -0.3 is 14.8 Å². The lowest BCUT2D eigenvalue weighted by Crippen LogP contribution is -2.26. The Bertz CT molecular complexity index is 579. The minimum Gasteiger partial charge on any atom is -0.494 e. The van der Waals surface area contributed by atoms with Gasteiger partial charge in [-0.2, -0.15) is 5.26 Å². The number of rotatable bonds is 8. The van der Waals surface area contributed by atoms with E-state index < -0.39 is 11.7 Å². The van der Waals surface area contributed by atoms with Gasteiger partial charge in [-0.1, -0.05) is 6.07 Å². The number of benzene rings is 1. The number of nitrogens with zero attached hydrogens (tertiary/aromatic N) is 1. The van der Waals surface area contributed by atoms with Crippen LogP contribution in [0.3, 0.4) is 0 Å². The normalized spacial score (nSPS) is 10.9. The van der Waals surface area contributed by atoms with E-state index in [1.54, 1.807) is 6.07 Å². The van der Waals surface area contributed by atoms with Crippen LogP contribution in [0.4, 0.5) is 4.39 Å². The number of nitrogens with one attached hydrogen (secondary N) is 1. The topological polar surface area (TPSA) is 71.3 Å². The van der Waals surface area contributed by atoms with Crippen molar-refractivity contribution in [3.8, 4) is 11.8 Å². The Kier molecular flexibility index (Phi) is 7.65. The fourth-order valence-corrected chi connectivity index (χ4v) is 1.70. The quantitative estimate of drug-likeness (QED) is 0.454. The molecule has 0 heterocycles. The monoisotopic (exact) mass is 306 g/mol. The Balaban J connectivity index is 2.68. The van der Waals surface area contributed by atoms with Crippen LogP contribution >= 0.6 is 0 Å². The lowest BCUT2D eigenvalue weighted by Gasteiger charge is -2.05. The molecule has 1 N–H and O–H groups in total. The number of hydrogen-bond acceptors (Lipinski definition) is 4. The first-order valence-electron chi connectivity index (χ1n) is 6.93. The van der Waals surface area contributed by atoms with Crippen LogP contribution in [-0.2, 0) is 9.53 Å². The first-order chi connectivity index (χ1) is 10.6. The van der Waals surface area contributed by atoms with Crippen LogP contribution < -0.4 is 10.1 Å². The zero-order valence-electron chi connectivity index (χ0n) is 12.7. The Morgan fingerprint density at radius 2 is 2.27 bits per heavy atom. The van der Waals surface area contributed by atoms with Gasteiger partial charge >= 0.3 is 0 Å². The van der Waals surface area contributed by atoms with Crippen molar-refractivity contribution in [1.29, 1.82) is 5.26 Å². The lowest BCUT2D eigenvalue weighted by atomic mass is 10.1. The summed E-state index contributed by atoms with van der Waals surface area (Å²) in [6.07, 6.45) is 2.00. The van der Waals surface area contributed by atoms with Crippen LogP contribution in [0.2, 0.25) is 0 Å². The Hall–Kier alpha value is -2.39. The highest BCUT2D eigenvalue weighted by Crippen LogP contribution is 2.19. The van der Waals surface area contributed by atoms with Gasteiger partial charge in [-0.05, 0) is 37.1 Å². The van der Waals surface area contributed by atoms with Crippen molar-refractivity contribution < 1.29 is 18.7 Å². The molecule has 0 atom stereocenters. The van der Waals surface area contributed by atoms with Crippen LogP contribution in [0.15, 0.2) is 23.8 Å². The molecule has 118 valence electrons. The molecule has 0 saturated carbocycles. The second kappa shape index (κ2) is 9.53. The fourth-order valence-electron chi connectivity index (χ4n) is 1.70. The molecule has 6 heteroatoms. The Labute approximate surface area is 129 Å². The van der Waals surface area contributed by atoms with Crippen LogP contribution in [-0.4, -0.2) is 32.8 Å². The predicted octanol–water partition coefficient (Wildman–Crippen LogP) is 2.28. The van der Waals surface area contributed by atoms with Gasteiger partial charge in [-0.15, -0.1) is 0 Å². The average molecular weight is 306 g/mol. The third-order valence-electron chi connectivity index (χ3n) is 2.81. The molecular formula is C16H19FN2O3. The van der Waals surface area contributed by atoms with E-state index in [2.05, 4.69) is 5.32 Å². The molecule has 0 unspecified atom stereocenters. The van der Waals surface area contributed by atoms with E-state index in [1.807, 2.05) is 13.0 Å². The highest BCUT2D eigenvalue weighted by molar-refractivity contribution is 6.01. The van der Waals surface area contributed by atoms with Crippen LogP contribution in [0, 0.1) is 17.1 Å². The van der Waals surface area contributed by atoms with Gasteiger partial charge in [0.25, 0.3) is 5.91 Å². The number of hydrogen-bond donors (Lipinski definition) is 1. The van der Waals surface area contributed by atoms with E-state index in [0.717, 1.165) is 0 Å². The molecule has 0 aliphatic rings. The van der Waals surface area contributed by atoms with E-state index in [9.17, 15) is 9.18 Å². The fraction of sp³-hybridized carbons (Fsp3) is 0.375. The zero-order valence-corrected chi connectivity index (χ0v) is 12.7. The summed E-state index contributed by atoms with van der Waals surface area (Å²) in [5, 5.41) is 11.7. The van der Waals surface area contributed by atoms with Crippen LogP contribution in [0.1, 0.15) is 18.9 Å². The number of carbonyl (C=O) groups excluding carboxylic acids is 1. The second-order valence-electron chi connectivity index (χ2n) is 4.37. The average Bonchev–Trinajstić information content (AvgIpc) is 2.52. The summed E-state index contributed by atoms with van der Waals surface area (Å²) in [5.74, 6) is -0.933. The van der Waals surface area contributed by atoms with Crippen molar-refractivity contribution in [1.82, 2.24) is 5.32 Å². The molecule has 1 rings (SSSR count). The standard InChI is InChI=1S/C16H19FN2O3/c1-3-22-8-4-7-19-16(20)13(11-18)9-12-5-6-15(21-2)14(17)10-12/h5-6,9-10H,3-4,7-8H2,1-2H3,(H,19,20)/b13-9+. The van der Waals surface area contributed by atoms with Gasteiger partial charge in [-0.3, -0.25) is 4.79 Å². The molecule has 0 aliphatic carbocycles. The van der Waals surface area contributed by atoms with Gasteiger partial charge in [0.15, 0.2) is 11.6 Å². The van der Waals surface area contributed by atoms with Crippen molar-refractivity contribution in [3.63, 3.8) is 0 Å². The molecule has 0 saturated heterocycles. The molecule has 5 nitrogen and oxygen atoms in total. The smallest absolute Gasteiger partial charge is 0.261 e. The van der Waals surface area contributed by atoms with E-state index in [-0.39, 0.29) is 11.3 Å². The van der Waals surface area contributed by atoms with E-state index >= 15 is 0 Å². The molecular weight excluding hydrogens is 287 g/mol. The molecule has 0 aromatic heterocycles. The zero-order chi connectivity index (χ0) is 16.4. The van der Waals surface area contributed by atoms with E-state index in [1.165, 1.54) is 25.3 Å². The van der Waals surface area contributed by atoms with Gasteiger partial charge in [0.1, 0.15) is 11.6 Å². The van der Waals surface area contributed by atoms with Crippen molar-refractivity contribution in [2.24, 2.45) is 0 Å². The first kappa shape index (κ1) is 17.7. The minimum absolute atomic E-state index is 0.0824. The highest BCUT2D eigenvalue weighted by Gasteiger charge is 2.09. The number of halogens is 1. The minimum atomic E-state index is -0.550. The largest absolute Gasteiger partial charge is 0.494 e. The van der Waals surface area contributed by atoms with Crippen LogP contribution in [0.5, 0.6) is 5.75 Å². The molecule has 0 aliphatic heterocycles. The summed E-state index contributed by atoms with van der Waals surface area (Å²) in [5.41, 5.74) is 0.334. The molecule has 0 radical (unpaired) electrons. The van der Waals surface area contributed by atoms with Gasteiger partial charge in [0, 0.05) is 19.8 Å². The molecule has 1 aromatic rings. The summed E-state index contributed by atoms with van der Waals surface area (Å²) in [6, 6.07) is 6.03. The van der Waals surface area contributed by atoms with E-state index in [0.29, 0.717) is 31.7 Å². The van der Waals surface area contributed by atoms with Crippen molar-refractivity contribution in [2.75, 3.05) is 26.9 Å². The molecule has 0 fully saturated rings. The first-order valence-corrected chi connectivity index (χ1v) is 6.93. The van der Waals surface area contributed by atoms with Crippen molar-refractivity contribution >= 4 is 12.0 Å². The molecule has 22 heavy (non-hydrogen) atoms. The van der Waals surface area contributed by atoms with Gasteiger partial charge in [0.2, 0.25) is 0 Å². The lowest BCUT2D eigenvalue weighted by molar-refractivity contribution is -0.117.